The third-order valence-corrected chi connectivity index (χ3v) is 2.90. The van der Waals surface area contributed by atoms with Gasteiger partial charge in [0.1, 0.15) is 5.56 Å². The Balaban J connectivity index is 2.17. The van der Waals surface area contributed by atoms with E-state index in [0.29, 0.717) is 18.1 Å². The number of fused-ring (bicyclic) bond motifs is 1. The summed E-state index contributed by atoms with van der Waals surface area (Å²) in [7, 11) is 0. The number of aliphatic hydroxyl groups is 2. The lowest BCUT2D eigenvalue weighted by Crippen LogP contribution is -2.51. The van der Waals surface area contributed by atoms with Crippen molar-refractivity contribution in [3.63, 3.8) is 0 Å². The summed E-state index contributed by atoms with van der Waals surface area (Å²) in [5.74, 6) is 0.0285. The minimum Gasteiger partial charge on any atom is -0.477 e. The average molecular weight is 255 g/mol. The highest BCUT2D eigenvalue weighted by Crippen LogP contribution is 2.22. The second kappa shape index (κ2) is 4.95. The molecule has 100 valence electrons. The molecule has 0 unspecified atom stereocenters. The molecule has 0 saturated carbocycles. The van der Waals surface area contributed by atoms with Crippen LogP contribution in [0.2, 0.25) is 0 Å². The maximum atomic E-state index is 12.0. The molecule has 1 aliphatic heterocycles. The number of ether oxygens (including phenoxy) is 1. The molecule has 0 aromatic carbocycles. The molecule has 1 aromatic rings. The second-order valence-corrected chi connectivity index (χ2v) is 4.62. The van der Waals surface area contributed by atoms with Gasteiger partial charge in [0, 0.05) is 13.0 Å². The summed E-state index contributed by atoms with van der Waals surface area (Å²) < 4.78 is 7.04. The number of aryl methyl sites for hydroxylation is 1. The van der Waals surface area contributed by atoms with Crippen LogP contribution >= 0.6 is 0 Å². The predicted octanol–water partition coefficient (Wildman–Crippen LogP) is -0.861. The lowest BCUT2D eigenvalue weighted by atomic mass is 10.1. The van der Waals surface area contributed by atoms with Crippen molar-refractivity contribution in [1.82, 2.24) is 15.1 Å². The number of carbonyl (C=O) groups excluding carboxylic acids is 1. The summed E-state index contributed by atoms with van der Waals surface area (Å²) in [5.41, 5.74) is -0.733. The molecule has 2 rings (SSSR count). The molecule has 0 bridgehead atoms. The van der Waals surface area contributed by atoms with Gasteiger partial charge in [0.25, 0.3) is 5.91 Å². The number of carbonyl (C=O) groups is 1. The summed E-state index contributed by atoms with van der Waals surface area (Å²) in [6, 6.07) is 0. The summed E-state index contributed by atoms with van der Waals surface area (Å²) in [6.45, 7) is 2.14. The number of rotatable bonds is 4. The van der Waals surface area contributed by atoms with Crippen LogP contribution in [0.4, 0.5) is 0 Å². The van der Waals surface area contributed by atoms with E-state index in [1.165, 1.54) is 6.20 Å². The molecule has 1 aliphatic rings. The number of hydrogen-bond donors (Lipinski definition) is 3. The first-order chi connectivity index (χ1) is 8.59. The minimum absolute atomic E-state index is 0.322. The van der Waals surface area contributed by atoms with Crippen molar-refractivity contribution in [1.29, 1.82) is 0 Å². The van der Waals surface area contributed by atoms with Crippen molar-refractivity contribution >= 4 is 5.91 Å². The first-order valence-electron chi connectivity index (χ1n) is 5.82. The molecule has 18 heavy (non-hydrogen) atoms. The average Bonchev–Trinajstić information content (AvgIpc) is 2.82. The highest BCUT2D eigenvalue weighted by molar-refractivity contribution is 5.96. The fourth-order valence-corrected chi connectivity index (χ4v) is 1.70. The van der Waals surface area contributed by atoms with E-state index in [-0.39, 0.29) is 13.2 Å². The van der Waals surface area contributed by atoms with Crippen LogP contribution in [0, 0.1) is 0 Å². The quantitative estimate of drug-likeness (QED) is 0.650. The predicted molar refractivity (Wildman–Crippen MR) is 62.4 cm³/mol. The van der Waals surface area contributed by atoms with Gasteiger partial charge in [-0.15, -0.1) is 0 Å². The van der Waals surface area contributed by atoms with Gasteiger partial charge in [-0.1, -0.05) is 0 Å². The van der Waals surface area contributed by atoms with Crippen LogP contribution in [0.25, 0.3) is 0 Å². The monoisotopic (exact) mass is 255 g/mol. The Morgan fingerprint density at radius 3 is 3.00 bits per heavy atom. The highest BCUT2D eigenvalue weighted by atomic mass is 16.5. The zero-order valence-corrected chi connectivity index (χ0v) is 10.2. The standard InChI is InChI=1S/C11H17N3O4/c1-11(6-15,7-16)13-9(17)8-5-12-14-3-2-4-18-10(8)14/h5,15-16H,2-4,6-7H2,1H3,(H,13,17). The second-order valence-electron chi connectivity index (χ2n) is 4.62. The number of amides is 1. The summed E-state index contributed by atoms with van der Waals surface area (Å²) in [6.07, 6.45) is 2.30. The topological polar surface area (TPSA) is 96.6 Å². The van der Waals surface area contributed by atoms with E-state index >= 15 is 0 Å². The lowest BCUT2D eigenvalue weighted by Gasteiger charge is -2.26. The summed E-state index contributed by atoms with van der Waals surface area (Å²) in [4.78, 5) is 12.0. The number of nitrogens with zero attached hydrogens (tertiary/aromatic N) is 2. The molecule has 3 N–H and O–H groups in total. The van der Waals surface area contributed by atoms with E-state index in [2.05, 4.69) is 10.4 Å². The molecule has 1 amide bonds. The van der Waals surface area contributed by atoms with E-state index < -0.39 is 11.4 Å². The lowest BCUT2D eigenvalue weighted by molar-refractivity contribution is 0.0719. The SMILES string of the molecule is CC(CO)(CO)NC(=O)c1cnn2c1OCCC2. The maximum absolute atomic E-state index is 12.0. The van der Waals surface area contributed by atoms with E-state index in [1.807, 2.05) is 0 Å². The Bertz CT molecular complexity index is 439. The molecule has 0 atom stereocenters. The van der Waals surface area contributed by atoms with Crippen LogP contribution in [-0.2, 0) is 6.54 Å². The van der Waals surface area contributed by atoms with Gasteiger partial charge in [0.05, 0.1) is 31.6 Å². The van der Waals surface area contributed by atoms with Crippen molar-refractivity contribution in [2.24, 2.45) is 0 Å². The Morgan fingerprint density at radius 1 is 1.61 bits per heavy atom. The van der Waals surface area contributed by atoms with Crippen molar-refractivity contribution in [3.05, 3.63) is 11.8 Å². The van der Waals surface area contributed by atoms with Crippen molar-refractivity contribution < 1.29 is 19.7 Å². The number of nitrogens with one attached hydrogen (secondary N) is 1. The zero-order chi connectivity index (χ0) is 13.2. The molecule has 0 radical (unpaired) electrons. The third-order valence-electron chi connectivity index (χ3n) is 2.90. The Kier molecular flexibility index (Phi) is 3.53. The van der Waals surface area contributed by atoms with Gasteiger partial charge >= 0.3 is 0 Å². The van der Waals surface area contributed by atoms with Gasteiger partial charge in [0.2, 0.25) is 5.88 Å². The van der Waals surface area contributed by atoms with Gasteiger partial charge in [-0.2, -0.15) is 5.10 Å². The Labute approximate surface area is 104 Å². The van der Waals surface area contributed by atoms with Gasteiger partial charge in [0.15, 0.2) is 0 Å². The smallest absolute Gasteiger partial charge is 0.258 e. The van der Waals surface area contributed by atoms with E-state index in [4.69, 9.17) is 14.9 Å². The highest BCUT2D eigenvalue weighted by Gasteiger charge is 2.28. The van der Waals surface area contributed by atoms with Gasteiger partial charge in [-0.05, 0) is 6.92 Å². The Hall–Kier alpha value is -1.60. The van der Waals surface area contributed by atoms with E-state index in [9.17, 15) is 4.79 Å². The summed E-state index contributed by atoms with van der Waals surface area (Å²) in [5, 5.41) is 24.9. The van der Waals surface area contributed by atoms with Crippen LogP contribution in [0.5, 0.6) is 5.88 Å². The van der Waals surface area contributed by atoms with Gasteiger partial charge < -0.3 is 20.3 Å². The fraction of sp³-hybridized carbons (Fsp3) is 0.636. The summed E-state index contributed by atoms with van der Waals surface area (Å²) >= 11 is 0. The molecule has 7 heteroatoms. The molecule has 1 aromatic heterocycles. The largest absolute Gasteiger partial charge is 0.477 e. The molecule has 2 heterocycles. The first-order valence-corrected chi connectivity index (χ1v) is 5.82. The van der Waals surface area contributed by atoms with E-state index in [0.717, 1.165) is 13.0 Å². The van der Waals surface area contributed by atoms with Gasteiger partial charge in [-0.25, -0.2) is 4.68 Å². The number of hydrogen-bond acceptors (Lipinski definition) is 5. The minimum atomic E-state index is -1.05. The van der Waals surface area contributed by atoms with Crippen LogP contribution in [0.1, 0.15) is 23.7 Å². The molecule has 7 nitrogen and oxygen atoms in total. The molecular weight excluding hydrogens is 238 g/mol. The molecule has 0 fully saturated rings. The van der Waals surface area contributed by atoms with Crippen LogP contribution in [0.3, 0.4) is 0 Å². The van der Waals surface area contributed by atoms with Crippen molar-refractivity contribution in [2.75, 3.05) is 19.8 Å². The molecular formula is C11H17N3O4. The van der Waals surface area contributed by atoms with Crippen molar-refractivity contribution in [3.8, 4) is 5.88 Å². The molecule has 0 spiro atoms. The van der Waals surface area contributed by atoms with Crippen LogP contribution in [0.15, 0.2) is 6.20 Å². The molecule has 0 saturated heterocycles. The van der Waals surface area contributed by atoms with Gasteiger partial charge in [-0.3, -0.25) is 4.79 Å². The maximum Gasteiger partial charge on any atom is 0.258 e. The fourth-order valence-electron chi connectivity index (χ4n) is 1.70. The number of aliphatic hydroxyl groups excluding tert-OH is 2. The normalized spacial score (nSPS) is 14.8. The first kappa shape index (κ1) is 12.8. The van der Waals surface area contributed by atoms with Crippen molar-refractivity contribution in [2.45, 2.75) is 25.4 Å². The molecule has 0 aliphatic carbocycles. The third kappa shape index (κ3) is 2.32. The number of aromatic nitrogens is 2. The van der Waals surface area contributed by atoms with E-state index in [1.54, 1.807) is 11.6 Å². The van der Waals surface area contributed by atoms with Crippen LogP contribution < -0.4 is 10.1 Å². The Morgan fingerprint density at radius 2 is 2.33 bits per heavy atom. The zero-order valence-electron chi connectivity index (χ0n) is 10.2. The van der Waals surface area contributed by atoms with Crippen LogP contribution in [-0.4, -0.2) is 51.3 Å².